The fourth-order valence-corrected chi connectivity index (χ4v) is 1.75. The summed E-state index contributed by atoms with van der Waals surface area (Å²) in [5, 5.41) is 2.10. The Balaban J connectivity index is 2.54. The molecule has 0 spiro atoms. The molecule has 1 saturated heterocycles. The number of imide groups is 1. The summed E-state index contributed by atoms with van der Waals surface area (Å²) in [5.74, 6) is -2.96. The van der Waals surface area contributed by atoms with E-state index >= 15 is 0 Å². The average molecular weight is 237 g/mol. The Labute approximate surface area is 96.1 Å². The topological polar surface area (TPSA) is 46.2 Å². The van der Waals surface area contributed by atoms with Crippen LogP contribution in [0, 0.1) is 11.6 Å². The van der Waals surface area contributed by atoms with Gasteiger partial charge in [0.25, 0.3) is 5.91 Å². The van der Waals surface area contributed by atoms with Crippen molar-refractivity contribution in [3.63, 3.8) is 0 Å². The highest BCUT2D eigenvalue weighted by atomic mass is 19.2. The lowest BCUT2D eigenvalue weighted by Crippen LogP contribution is -2.19. The lowest BCUT2D eigenvalue weighted by atomic mass is 10.00. The summed E-state index contributed by atoms with van der Waals surface area (Å²) in [7, 11) is 0. The Morgan fingerprint density at radius 3 is 2.59 bits per heavy atom. The molecule has 0 aromatic heterocycles. The second-order valence-electron chi connectivity index (χ2n) is 3.76. The van der Waals surface area contributed by atoms with Crippen molar-refractivity contribution in [3.05, 3.63) is 41.0 Å². The smallest absolute Gasteiger partial charge is 0.254 e. The first kappa shape index (κ1) is 11.4. The molecule has 1 fully saturated rings. The van der Waals surface area contributed by atoms with E-state index in [0.717, 1.165) is 6.07 Å². The third-order valence-electron chi connectivity index (χ3n) is 2.67. The predicted octanol–water partition coefficient (Wildman–Crippen LogP) is 1.78. The normalized spacial score (nSPS) is 18.3. The molecule has 1 aliphatic heterocycles. The summed E-state index contributed by atoms with van der Waals surface area (Å²) in [6.45, 7) is 1.49. The summed E-state index contributed by atoms with van der Waals surface area (Å²) in [5.41, 5.74) is 0.467. The number of hydrogen-bond donors (Lipinski definition) is 1. The maximum absolute atomic E-state index is 13.5. The standard InChI is InChI=1S/C12H9F2NO2/c1-6(8-5-10(16)15-12(8)17)7-3-2-4-9(13)11(7)14/h2-4H,5H2,1H3,(H,15,16,17)/b8-6+. The summed E-state index contributed by atoms with van der Waals surface area (Å²) >= 11 is 0. The molecule has 1 heterocycles. The van der Waals surface area contributed by atoms with Gasteiger partial charge >= 0.3 is 0 Å². The van der Waals surface area contributed by atoms with Crippen molar-refractivity contribution in [1.82, 2.24) is 5.32 Å². The van der Waals surface area contributed by atoms with Crippen LogP contribution < -0.4 is 5.32 Å². The zero-order valence-electron chi connectivity index (χ0n) is 9.01. The molecule has 1 N–H and O–H groups in total. The molecule has 88 valence electrons. The van der Waals surface area contributed by atoms with Crippen LogP contribution in [0.1, 0.15) is 18.9 Å². The van der Waals surface area contributed by atoms with Crippen LogP contribution in [0.2, 0.25) is 0 Å². The molecular formula is C12H9F2NO2. The first-order chi connectivity index (χ1) is 8.00. The van der Waals surface area contributed by atoms with Crippen LogP contribution in [0.5, 0.6) is 0 Å². The average Bonchev–Trinajstić information content (AvgIpc) is 2.61. The predicted molar refractivity (Wildman–Crippen MR) is 56.7 cm³/mol. The lowest BCUT2D eigenvalue weighted by Gasteiger charge is -2.06. The number of carbonyl (C=O) groups excluding carboxylic acids is 2. The largest absolute Gasteiger partial charge is 0.292 e. The second-order valence-corrected chi connectivity index (χ2v) is 3.76. The first-order valence-corrected chi connectivity index (χ1v) is 4.99. The Morgan fingerprint density at radius 2 is 2.00 bits per heavy atom. The molecule has 2 amide bonds. The number of hydrogen-bond acceptors (Lipinski definition) is 2. The first-order valence-electron chi connectivity index (χ1n) is 4.99. The Bertz CT molecular complexity index is 549. The molecule has 1 aliphatic rings. The zero-order chi connectivity index (χ0) is 12.6. The van der Waals surface area contributed by atoms with E-state index in [1.807, 2.05) is 0 Å². The van der Waals surface area contributed by atoms with E-state index in [-0.39, 0.29) is 23.1 Å². The van der Waals surface area contributed by atoms with Gasteiger partial charge in [-0.2, -0.15) is 0 Å². The van der Waals surface area contributed by atoms with Crippen LogP contribution in [0.15, 0.2) is 23.8 Å². The lowest BCUT2D eigenvalue weighted by molar-refractivity contribution is -0.124. The van der Waals surface area contributed by atoms with E-state index < -0.39 is 23.4 Å². The van der Waals surface area contributed by atoms with Gasteiger partial charge in [-0.25, -0.2) is 8.78 Å². The van der Waals surface area contributed by atoms with Gasteiger partial charge in [-0.15, -0.1) is 0 Å². The van der Waals surface area contributed by atoms with E-state index in [1.165, 1.54) is 19.1 Å². The van der Waals surface area contributed by atoms with Gasteiger partial charge in [0.05, 0.1) is 6.42 Å². The van der Waals surface area contributed by atoms with E-state index in [2.05, 4.69) is 5.32 Å². The summed E-state index contributed by atoms with van der Waals surface area (Å²) in [6, 6.07) is 3.72. The van der Waals surface area contributed by atoms with Gasteiger partial charge in [-0.1, -0.05) is 12.1 Å². The molecule has 0 radical (unpaired) electrons. The third kappa shape index (κ3) is 1.95. The maximum atomic E-state index is 13.5. The van der Waals surface area contributed by atoms with Crippen molar-refractivity contribution in [1.29, 1.82) is 0 Å². The molecule has 3 nitrogen and oxygen atoms in total. The fourth-order valence-electron chi connectivity index (χ4n) is 1.75. The minimum atomic E-state index is -1.01. The van der Waals surface area contributed by atoms with E-state index in [1.54, 1.807) is 0 Å². The van der Waals surface area contributed by atoms with Crippen LogP contribution in [0.4, 0.5) is 8.78 Å². The van der Waals surface area contributed by atoms with Crippen LogP contribution in [0.25, 0.3) is 5.57 Å². The zero-order valence-corrected chi connectivity index (χ0v) is 9.01. The number of benzene rings is 1. The minimum absolute atomic E-state index is 0.00449. The van der Waals surface area contributed by atoms with E-state index in [0.29, 0.717) is 0 Å². The Morgan fingerprint density at radius 1 is 1.29 bits per heavy atom. The van der Waals surface area contributed by atoms with Gasteiger partial charge in [0.2, 0.25) is 5.91 Å². The fraction of sp³-hybridized carbons (Fsp3) is 0.167. The molecule has 17 heavy (non-hydrogen) atoms. The van der Waals surface area contributed by atoms with Gasteiger partial charge in [0.1, 0.15) is 0 Å². The molecule has 0 saturated carbocycles. The van der Waals surface area contributed by atoms with E-state index in [4.69, 9.17) is 0 Å². The molecule has 0 aliphatic carbocycles. The highest BCUT2D eigenvalue weighted by Gasteiger charge is 2.27. The van der Waals surface area contributed by atoms with Crippen molar-refractivity contribution in [2.24, 2.45) is 0 Å². The van der Waals surface area contributed by atoms with Crippen molar-refractivity contribution < 1.29 is 18.4 Å². The van der Waals surface area contributed by atoms with Crippen LogP contribution >= 0.6 is 0 Å². The second kappa shape index (κ2) is 4.08. The molecule has 1 aromatic rings. The van der Waals surface area contributed by atoms with Crippen molar-refractivity contribution in [2.75, 3.05) is 0 Å². The highest BCUT2D eigenvalue weighted by Crippen LogP contribution is 2.26. The Hall–Kier alpha value is -2.04. The number of carbonyl (C=O) groups is 2. The van der Waals surface area contributed by atoms with Gasteiger partial charge < -0.3 is 0 Å². The van der Waals surface area contributed by atoms with Crippen molar-refractivity contribution in [3.8, 4) is 0 Å². The molecule has 0 atom stereocenters. The molecule has 2 rings (SSSR count). The van der Waals surface area contributed by atoms with Crippen molar-refractivity contribution in [2.45, 2.75) is 13.3 Å². The third-order valence-corrected chi connectivity index (χ3v) is 2.67. The van der Waals surface area contributed by atoms with Gasteiger partial charge in [0, 0.05) is 11.1 Å². The minimum Gasteiger partial charge on any atom is -0.292 e. The summed E-state index contributed by atoms with van der Waals surface area (Å²) in [6.07, 6.45) is -0.0966. The summed E-state index contributed by atoms with van der Waals surface area (Å²) in [4.78, 5) is 22.4. The van der Waals surface area contributed by atoms with Crippen LogP contribution in [-0.2, 0) is 9.59 Å². The SMILES string of the molecule is C/C(=C1/CC(=O)NC1=O)c1cccc(F)c1F. The van der Waals surface area contributed by atoms with Crippen LogP contribution in [-0.4, -0.2) is 11.8 Å². The van der Waals surface area contributed by atoms with Crippen LogP contribution in [0.3, 0.4) is 0 Å². The van der Waals surface area contributed by atoms with Crippen molar-refractivity contribution >= 4 is 17.4 Å². The summed E-state index contributed by atoms with van der Waals surface area (Å²) < 4.78 is 26.5. The van der Waals surface area contributed by atoms with Gasteiger partial charge in [-0.05, 0) is 18.6 Å². The van der Waals surface area contributed by atoms with Gasteiger partial charge in [-0.3, -0.25) is 14.9 Å². The number of rotatable bonds is 1. The number of halogens is 2. The Kier molecular flexibility index (Phi) is 2.75. The number of allylic oxidation sites excluding steroid dienone is 1. The maximum Gasteiger partial charge on any atom is 0.254 e. The highest BCUT2D eigenvalue weighted by molar-refractivity contribution is 6.17. The molecular weight excluding hydrogens is 228 g/mol. The number of amides is 2. The number of nitrogens with one attached hydrogen (secondary N) is 1. The quantitative estimate of drug-likeness (QED) is 0.597. The molecule has 0 unspecified atom stereocenters. The van der Waals surface area contributed by atoms with Gasteiger partial charge in [0.15, 0.2) is 11.6 Å². The molecule has 0 bridgehead atoms. The monoisotopic (exact) mass is 237 g/mol. The molecule has 5 heteroatoms. The molecule has 1 aromatic carbocycles. The van der Waals surface area contributed by atoms with E-state index in [9.17, 15) is 18.4 Å².